The highest BCUT2D eigenvalue weighted by Crippen LogP contribution is 2.39. The Bertz CT molecular complexity index is 532. The topological polar surface area (TPSA) is 57.2 Å². The van der Waals surface area contributed by atoms with Gasteiger partial charge in [0.2, 0.25) is 0 Å². The fraction of sp³-hybridized carbons (Fsp3) is 0.647. The van der Waals surface area contributed by atoms with Crippen LogP contribution < -0.4 is 0 Å². The molecule has 1 aromatic carbocycles. The number of halogens is 1. The van der Waals surface area contributed by atoms with Crippen LogP contribution in [0.4, 0.5) is 4.39 Å². The maximum Gasteiger partial charge on any atom is 0.184 e. The van der Waals surface area contributed by atoms with E-state index in [9.17, 15) is 9.50 Å². The third-order valence-corrected chi connectivity index (χ3v) is 4.21. The summed E-state index contributed by atoms with van der Waals surface area (Å²) in [5.41, 5.74) is 0.811. The Morgan fingerprint density at radius 3 is 2.48 bits per heavy atom. The normalized spacial score (nSPS) is 36.0. The molecule has 5 nitrogen and oxygen atoms in total. The van der Waals surface area contributed by atoms with E-state index in [2.05, 4.69) is 0 Å². The molecule has 1 aromatic rings. The summed E-state index contributed by atoms with van der Waals surface area (Å²) >= 11 is 0. The molecule has 0 bridgehead atoms. The molecular weight excluding hydrogens is 303 g/mol. The van der Waals surface area contributed by atoms with Crippen LogP contribution >= 0.6 is 0 Å². The minimum Gasteiger partial charge on any atom is -0.366 e. The molecular formula is C17H23FO5. The highest BCUT2D eigenvalue weighted by Gasteiger charge is 2.54. The monoisotopic (exact) mass is 326 g/mol. The van der Waals surface area contributed by atoms with Gasteiger partial charge in [-0.2, -0.15) is 0 Å². The highest BCUT2D eigenvalue weighted by molar-refractivity contribution is 5.15. The van der Waals surface area contributed by atoms with Crippen molar-refractivity contribution < 1.29 is 28.4 Å². The van der Waals surface area contributed by atoms with Crippen LogP contribution in [-0.2, 0) is 25.6 Å². The number of benzene rings is 1. The molecule has 5 atom stereocenters. The van der Waals surface area contributed by atoms with E-state index < -0.39 is 24.3 Å². The van der Waals surface area contributed by atoms with Crippen LogP contribution in [0, 0.1) is 5.82 Å². The lowest BCUT2D eigenvalue weighted by Crippen LogP contribution is -2.56. The third-order valence-electron chi connectivity index (χ3n) is 4.21. The van der Waals surface area contributed by atoms with E-state index in [1.807, 2.05) is 20.8 Å². The van der Waals surface area contributed by atoms with Gasteiger partial charge in [0, 0.05) is 0 Å². The van der Waals surface area contributed by atoms with Gasteiger partial charge in [-0.05, 0) is 38.0 Å². The molecule has 3 rings (SSSR count). The van der Waals surface area contributed by atoms with Crippen molar-refractivity contribution in [2.45, 2.75) is 70.3 Å². The molecule has 2 saturated heterocycles. The summed E-state index contributed by atoms with van der Waals surface area (Å²) in [6.45, 7) is 5.88. The Hall–Kier alpha value is -1.05. The zero-order chi connectivity index (χ0) is 16.6. The average Bonchev–Trinajstić information content (AvgIpc) is 2.82. The third kappa shape index (κ3) is 3.56. The van der Waals surface area contributed by atoms with Crippen molar-refractivity contribution in [1.82, 2.24) is 0 Å². The van der Waals surface area contributed by atoms with E-state index in [4.69, 9.17) is 18.9 Å². The van der Waals surface area contributed by atoms with Gasteiger partial charge in [0.25, 0.3) is 0 Å². The quantitative estimate of drug-likeness (QED) is 0.920. The predicted molar refractivity (Wildman–Crippen MR) is 80.0 cm³/mol. The largest absolute Gasteiger partial charge is 0.366 e. The Kier molecular flexibility index (Phi) is 4.71. The molecule has 23 heavy (non-hydrogen) atoms. The molecule has 2 heterocycles. The number of hydrogen-bond donors (Lipinski definition) is 1. The van der Waals surface area contributed by atoms with Crippen LogP contribution in [-0.4, -0.2) is 41.6 Å². The Labute approximate surface area is 135 Å². The Morgan fingerprint density at radius 2 is 1.83 bits per heavy atom. The van der Waals surface area contributed by atoms with Gasteiger partial charge < -0.3 is 24.1 Å². The summed E-state index contributed by atoms with van der Waals surface area (Å²) in [6, 6.07) is 6.04. The molecule has 0 radical (unpaired) electrons. The van der Waals surface area contributed by atoms with Gasteiger partial charge in [-0.25, -0.2) is 4.39 Å². The fourth-order valence-corrected chi connectivity index (χ4v) is 3.13. The van der Waals surface area contributed by atoms with Crippen LogP contribution in [0.5, 0.6) is 0 Å². The summed E-state index contributed by atoms with van der Waals surface area (Å²) in [4.78, 5) is 0. The first-order valence-corrected chi connectivity index (χ1v) is 7.95. The van der Waals surface area contributed by atoms with Crippen molar-refractivity contribution in [3.05, 3.63) is 35.6 Å². The fourth-order valence-electron chi connectivity index (χ4n) is 3.13. The standard InChI is InChI=1S/C17H23FO5/c1-4-12-13-14(23-17(2,3)22-13)15(16(19)21-12)20-9-10-5-7-11(18)8-6-10/h5-8,12-16,19H,4,9H2,1-3H3/t12-,13+,14+,15-,16?/m1/s1. The van der Waals surface area contributed by atoms with Crippen molar-refractivity contribution in [1.29, 1.82) is 0 Å². The summed E-state index contributed by atoms with van der Waals surface area (Å²) in [5, 5.41) is 10.3. The van der Waals surface area contributed by atoms with Crippen molar-refractivity contribution in [3.8, 4) is 0 Å². The van der Waals surface area contributed by atoms with E-state index in [1.54, 1.807) is 12.1 Å². The minimum absolute atomic E-state index is 0.231. The average molecular weight is 326 g/mol. The number of rotatable bonds is 4. The minimum atomic E-state index is -1.08. The summed E-state index contributed by atoms with van der Waals surface area (Å²) < 4.78 is 36.2. The molecule has 128 valence electrons. The number of aliphatic hydroxyl groups is 1. The lowest BCUT2D eigenvalue weighted by Gasteiger charge is -2.39. The van der Waals surface area contributed by atoms with Crippen molar-refractivity contribution in [3.63, 3.8) is 0 Å². The van der Waals surface area contributed by atoms with Gasteiger partial charge in [-0.1, -0.05) is 19.1 Å². The van der Waals surface area contributed by atoms with Crippen LogP contribution in [0.2, 0.25) is 0 Å². The predicted octanol–water partition coefficient (Wildman–Crippen LogP) is 2.36. The van der Waals surface area contributed by atoms with Crippen LogP contribution in [0.3, 0.4) is 0 Å². The molecule has 2 aliphatic heterocycles. The molecule has 2 fully saturated rings. The lowest BCUT2D eigenvalue weighted by atomic mass is 9.97. The molecule has 1 N–H and O–H groups in total. The van der Waals surface area contributed by atoms with E-state index in [1.165, 1.54) is 12.1 Å². The van der Waals surface area contributed by atoms with Gasteiger partial charge in [0.15, 0.2) is 12.1 Å². The van der Waals surface area contributed by atoms with E-state index in [0.717, 1.165) is 5.56 Å². The van der Waals surface area contributed by atoms with E-state index >= 15 is 0 Å². The van der Waals surface area contributed by atoms with Crippen LogP contribution in [0.1, 0.15) is 32.8 Å². The second-order valence-corrected chi connectivity index (χ2v) is 6.44. The Morgan fingerprint density at radius 1 is 1.17 bits per heavy atom. The first kappa shape index (κ1) is 16.8. The van der Waals surface area contributed by atoms with Crippen molar-refractivity contribution in [2.24, 2.45) is 0 Å². The zero-order valence-corrected chi connectivity index (χ0v) is 13.6. The van der Waals surface area contributed by atoms with Crippen molar-refractivity contribution >= 4 is 0 Å². The second-order valence-electron chi connectivity index (χ2n) is 6.44. The maximum atomic E-state index is 12.9. The molecule has 0 aromatic heterocycles. The van der Waals surface area contributed by atoms with E-state index in [0.29, 0.717) is 6.42 Å². The maximum absolute atomic E-state index is 12.9. The summed E-state index contributed by atoms with van der Waals surface area (Å²) in [7, 11) is 0. The molecule has 0 spiro atoms. The van der Waals surface area contributed by atoms with Gasteiger partial charge in [-0.15, -0.1) is 0 Å². The lowest BCUT2D eigenvalue weighted by molar-refractivity contribution is -0.273. The van der Waals surface area contributed by atoms with Gasteiger partial charge in [-0.3, -0.25) is 0 Å². The van der Waals surface area contributed by atoms with Crippen molar-refractivity contribution in [2.75, 3.05) is 0 Å². The molecule has 0 saturated carbocycles. The first-order chi connectivity index (χ1) is 10.9. The molecule has 0 amide bonds. The SMILES string of the molecule is CC[C@H]1OC(O)[C@H](OCc2ccc(F)cc2)[C@H]2OC(C)(C)O[C@H]21. The molecule has 0 aliphatic carbocycles. The van der Waals surface area contributed by atoms with Gasteiger partial charge in [0.05, 0.1) is 12.7 Å². The highest BCUT2D eigenvalue weighted by atomic mass is 19.1. The second kappa shape index (κ2) is 6.45. The zero-order valence-electron chi connectivity index (χ0n) is 13.6. The van der Waals surface area contributed by atoms with Crippen LogP contribution in [0.15, 0.2) is 24.3 Å². The number of hydrogen-bond acceptors (Lipinski definition) is 5. The Balaban J connectivity index is 1.71. The molecule has 2 aliphatic rings. The first-order valence-electron chi connectivity index (χ1n) is 7.95. The van der Waals surface area contributed by atoms with E-state index in [-0.39, 0.29) is 24.6 Å². The number of aliphatic hydroxyl groups excluding tert-OH is 1. The van der Waals surface area contributed by atoms with Gasteiger partial charge in [0.1, 0.15) is 24.1 Å². The molecule has 1 unspecified atom stereocenters. The number of fused-ring (bicyclic) bond motifs is 1. The number of ether oxygens (including phenoxy) is 4. The van der Waals surface area contributed by atoms with Gasteiger partial charge >= 0.3 is 0 Å². The van der Waals surface area contributed by atoms with Crippen LogP contribution in [0.25, 0.3) is 0 Å². The smallest absolute Gasteiger partial charge is 0.184 e. The summed E-state index contributed by atoms with van der Waals surface area (Å²) in [5.74, 6) is -1.04. The molecule has 6 heteroatoms. The summed E-state index contributed by atoms with van der Waals surface area (Å²) in [6.07, 6.45) is -1.95.